The summed E-state index contributed by atoms with van der Waals surface area (Å²) < 4.78 is 0. The van der Waals surface area contributed by atoms with Crippen molar-refractivity contribution in [2.75, 3.05) is 11.9 Å². The highest BCUT2D eigenvalue weighted by Gasteiger charge is 2.28. The number of fused-ring (bicyclic) bond motifs is 1. The molecule has 3 heteroatoms. The molecule has 1 aliphatic heterocycles. The highest BCUT2D eigenvalue weighted by atomic mass is 16.2. The number of likely N-dealkylation sites (N-methyl/N-ethyl adjacent to an activating group) is 1. The number of carbonyl (C=O) groups excluding carboxylic acids is 1. The van der Waals surface area contributed by atoms with E-state index in [1.165, 1.54) is 31.2 Å². The lowest BCUT2D eigenvalue weighted by atomic mass is 9.77. The maximum absolute atomic E-state index is 11.7. The molecule has 2 aliphatic rings. The molecular formula is C17H24N2O. The first-order chi connectivity index (χ1) is 9.56. The normalized spacial score (nSPS) is 27.6. The number of rotatable bonds is 2. The van der Waals surface area contributed by atoms with Gasteiger partial charge in [0.1, 0.15) is 0 Å². The van der Waals surface area contributed by atoms with Crippen LogP contribution in [0.25, 0.3) is 0 Å². The number of benzene rings is 1. The maximum atomic E-state index is 11.7. The first kappa shape index (κ1) is 13.6. The van der Waals surface area contributed by atoms with Gasteiger partial charge in [0, 0.05) is 18.8 Å². The smallest absolute Gasteiger partial charge is 0.231 e. The number of anilines is 1. The average molecular weight is 272 g/mol. The Morgan fingerprint density at radius 1 is 1.25 bits per heavy atom. The molecule has 2 N–H and O–H groups in total. The van der Waals surface area contributed by atoms with Crippen LogP contribution in [-0.2, 0) is 11.2 Å². The summed E-state index contributed by atoms with van der Waals surface area (Å²) in [6.45, 7) is 2.33. The minimum Gasteiger partial charge on any atom is -0.324 e. The molecule has 0 radical (unpaired) electrons. The van der Waals surface area contributed by atoms with E-state index >= 15 is 0 Å². The standard InChI is InChI=1S/C17H24N2O/c1-11-3-5-12(6-4-11)17(18)13-7-8-15-14(9-13)10-16(20)19(15)2/h7-9,11-12,17H,3-6,10,18H2,1-2H3. The van der Waals surface area contributed by atoms with Crippen molar-refractivity contribution in [3.8, 4) is 0 Å². The van der Waals surface area contributed by atoms with E-state index in [0.717, 1.165) is 17.2 Å². The van der Waals surface area contributed by atoms with Crippen molar-refractivity contribution >= 4 is 11.6 Å². The Morgan fingerprint density at radius 2 is 1.95 bits per heavy atom. The van der Waals surface area contributed by atoms with E-state index in [4.69, 9.17) is 5.73 Å². The number of carbonyl (C=O) groups is 1. The van der Waals surface area contributed by atoms with Crippen LogP contribution in [0, 0.1) is 11.8 Å². The molecule has 1 unspecified atom stereocenters. The quantitative estimate of drug-likeness (QED) is 0.899. The minimum absolute atomic E-state index is 0.119. The molecule has 1 atom stereocenters. The van der Waals surface area contributed by atoms with Gasteiger partial charge < -0.3 is 10.6 Å². The first-order valence-electron chi connectivity index (χ1n) is 7.71. The summed E-state index contributed by atoms with van der Waals surface area (Å²) in [5, 5.41) is 0. The molecule has 1 aliphatic carbocycles. The Labute approximate surface area is 121 Å². The van der Waals surface area contributed by atoms with E-state index in [0.29, 0.717) is 12.3 Å². The molecule has 1 aromatic rings. The van der Waals surface area contributed by atoms with E-state index in [9.17, 15) is 4.79 Å². The van der Waals surface area contributed by atoms with Gasteiger partial charge in [-0.3, -0.25) is 4.79 Å². The number of amides is 1. The molecular weight excluding hydrogens is 248 g/mol. The van der Waals surface area contributed by atoms with Gasteiger partial charge in [-0.2, -0.15) is 0 Å². The largest absolute Gasteiger partial charge is 0.324 e. The van der Waals surface area contributed by atoms with Crippen LogP contribution in [0.1, 0.15) is 49.8 Å². The molecule has 1 fully saturated rings. The Kier molecular flexibility index (Phi) is 3.55. The number of nitrogens with two attached hydrogens (primary N) is 1. The molecule has 20 heavy (non-hydrogen) atoms. The lowest BCUT2D eigenvalue weighted by Gasteiger charge is -2.31. The van der Waals surface area contributed by atoms with Crippen LogP contribution in [-0.4, -0.2) is 13.0 Å². The summed E-state index contributed by atoms with van der Waals surface area (Å²) in [6, 6.07) is 6.44. The molecule has 1 heterocycles. The van der Waals surface area contributed by atoms with Gasteiger partial charge in [0.15, 0.2) is 0 Å². The van der Waals surface area contributed by atoms with E-state index in [2.05, 4.69) is 25.1 Å². The third-order valence-corrected chi connectivity index (χ3v) is 5.13. The van der Waals surface area contributed by atoms with E-state index in [1.54, 1.807) is 4.90 Å². The maximum Gasteiger partial charge on any atom is 0.231 e. The molecule has 1 saturated carbocycles. The Bertz CT molecular complexity index is 518. The second-order valence-electron chi connectivity index (χ2n) is 6.56. The summed E-state index contributed by atoms with van der Waals surface area (Å²) in [7, 11) is 1.84. The van der Waals surface area contributed by atoms with Crippen molar-refractivity contribution in [2.45, 2.75) is 45.1 Å². The SMILES string of the molecule is CC1CCC(C(N)c2ccc3c(c2)CC(=O)N3C)CC1. The zero-order chi connectivity index (χ0) is 14.3. The van der Waals surface area contributed by atoms with Crippen molar-refractivity contribution in [2.24, 2.45) is 17.6 Å². The predicted molar refractivity (Wildman–Crippen MR) is 81.6 cm³/mol. The molecule has 0 aromatic heterocycles. The Morgan fingerprint density at radius 3 is 2.65 bits per heavy atom. The van der Waals surface area contributed by atoms with Gasteiger partial charge in [-0.15, -0.1) is 0 Å². The molecule has 3 nitrogen and oxygen atoms in total. The van der Waals surface area contributed by atoms with Crippen LogP contribution in [0.2, 0.25) is 0 Å². The molecule has 1 amide bonds. The Hall–Kier alpha value is -1.35. The van der Waals surface area contributed by atoms with E-state index in [1.807, 2.05) is 7.05 Å². The van der Waals surface area contributed by atoms with Crippen LogP contribution < -0.4 is 10.6 Å². The lowest BCUT2D eigenvalue weighted by molar-refractivity contribution is -0.117. The summed E-state index contributed by atoms with van der Waals surface area (Å²) in [4.78, 5) is 13.5. The molecule has 108 valence electrons. The lowest BCUT2D eigenvalue weighted by Crippen LogP contribution is -2.25. The predicted octanol–water partition coefficient (Wildman–Crippen LogP) is 3.03. The van der Waals surface area contributed by atoms with Crippen LogP contribution in [0.5, 0.6) is 0 Å². The number of nitrogens with zero attached hydrogens (tertiary/aromatic N) is 1. The van der Waals surface area contributed by atoms with Gasteiger partial charge in [-0.05, 0) is 41.9 Å². The van der Waals surface area contributed by atoms with Gasteiger partial charge >= 0.3 is 0 Å². The molecule has 3 rings (SSSR count). The first-order valence-corrected chi connectivity index (χ1v) is 7.71. The van der Waals surface area contributed by atoms with Gasteiger partial charge in [-0.25, -0.2) is 0 Å². The number of hydrogen-bond donors (Lipinski definition) is 1. The van der Waals surface area contributed by atoms with Crippen LogP contribution >= 0.6 is 0 Å². The van der Waals surface area contributed by atoms with Crippen molar-refractivity contribution in [1.29, 1.82) is 0 Å². The summed E-state index contributed by atoms with van der Waals surface area (Å²) in [5.41, 5.74) is 9.86. The fourth-order valence-electron chi connectivity index (χ4n) is 3.61. The average Bonchev–Trinajstić information content (AvgIpc) is 2.74. The third-order valence-electron chi connectivity index (χ3n) is 5.13. The van der Waals surface area contributed by atoms with Gasteiger partial charge in [0.2, 0.25) is 5.91 Å². The summed E-state index contributed by atoms with van der Waals surface area (Å²) in [6.07, 6.45) is 5.58. The van der Waals surface area contributed by atoms with Gasteiger partial charge in [-0.1, -0.05) is 31.9 Å². The third kappa shape index (κ3) is 2.35. The summed E-state index contributed by atoms with van der Waals surface area (Å²) in [5.74, 6) is 1.63. The van der Waals surface area contributed by atoms with Crippen molar-refractivity contribution in [1.82, 2.24) is 0 Å². The van der Waals surface area contributed by atoms with Crippen LogP contribution in [0.15, 0.2) is 18.2 Å². The second kappa shape index (κ2) is 5.21. The van der Waals surface area contributed by atoms with Crippen LogP contribution in [0.4, 0.5) is 5.69 Å². The molecule has 1 aromatic carbocycles. The minimum atomic E-state index is 0.119. The molecule has 0 saturated heterocycles. The fraction of sp³-hybridized carbons (Fsp3) is 0.588. The summed E-state index contributed by atoms with van der Waals surface area (Å²) >= 11 is 0. The molecule has 0 bridgehead atoms. The zero-order valence-electron chi connectivity index (χ0n) is 12.4. The van der Waals surface area contributed by atoms with Crippen LogP contribution in [0.3, 0.4) is 0 Å². The highest BCUT2D eigenvalue weighted by molar-refractivity contribution is 6.00. The van der Waals surface area contributed by atoms with E-state index < -0.39 is 0 Å². The van der Waals surface area contributed by atoms with Crippen molar-refractivity contribution in [3.05, 3.63) is 29.3 Å². The monoisotopic (exact) mass is 272 g/mol. The Balaban J connectivity index is 1.78. The van der Waals surface area contributed by atoms with E-state index in [-0.39, 0.29) is 11.9 Å². The second-order valence-corrected chi connectivity index (χ2v) is 6.56. The van der Waals surface area contributed by atoms with Gasteiger partial charge in [0.25, 0.3) is 0 Å². The zero-order valence-corrected chi connectivity index (χ0v) is 12.4. The van der Waals surface area contributed by atoms with Crippen molar-refractivity contribution < 1.29 is 4.79 Å². The molecule has 0 spiro atoms. The fourth-order valence-corrected chi connectivity index (χ4v) is 3.61. The topological polar surface area (TPSA) is 46.3 Å². The van der Waals surface area contributed by atoms with Gasteiger partial charge in [0.05, 0.1) is 6.42 Å². The highest BCUT2D eigenvalue weighted by Crippen LogP contribution is 2.37. The van der Waals surface area contributed by atoms with Crippen molar-refractivity contribution in [3.63, 3.8) is 0 Å². The number of hydrogen-bond acceptors (Lipinski definition) is 2.